The Morgan fingerprint density at radius 1 is 1.18 bits per heavy atom. The maximum atomic E-state index is 13.3. The van der Waals surface area contributed by atoms with Crippen LogP contribution in [0.3, 0.4) is 0 Å². The minimum absolute atomic E-state index is 0.0793. The zero-order valence-electron chi connectivity index (χ0n) is 19.1. The summed E-state index contributed by atoms with van der Waals surface area (Å²) in [4.78, 5) is 39.4. The number of benzene rings is 2. The van der Waals surface area contributed by atoms with Gasteiger partial charge in [-0.05, 0) is 73.9 Å². The van der Waals surface area contributed by atoms with Crippen LogP contribution in [-0.2, 0) is 11.2 Å². The second-order valence-electron chi connectivity index (χ2n) is 9.03. The summed E-state index contributed by atoms with van der Waals surface area (Å²) in [5, 5.41) is 5.50. The van der Waals surface area contributed by atoms with E-state index in [1.807, 2.05) is 4.90 Å². The number of likely N-dealkylation sites (tertiary alicyclic amines) is 1. The number of piperidine rings is 1. The summed E-state index contributed by atoms with van der Waals surface area (Å²) in [6, 6.07) is 10.4. The van der Waals surface area contributed by atoms with E-state index in [1.165, 1.54) is 31.4 Å². The molecule has 0 aromatic heterocycles. The van der Waals surface area contributed by atoms with Crippen LogP contribution in [0.25, 0.3) is 0 Å². The predicted octanol–water partition coefficient (Wildman–Crippen LogP) is 3.07. The van der Waals surface area contributed by atoms with Crippen LogP contribution in [0.5, 0.6) is 5.75 Å². The van der Waals surface area contributed by atoms with E-state index in [1.54, 1.807) is 18.2 Å². The van der Waals surface area contributed by atoms with Crippen LogP contribution in [0.1, 0.15) is 41.6 Å². The van der Waals surface area contributed by atoms with Gasteiger partial charge in [0.05, 0.1) is 12.8 Å². The lowest BCUT2D eigenvalue weighted by molar-refractivity contribution is -0.136. The van der Waals surface area contributed by atoms with E-state index in [9.17, 15) is 18.8 Å². The number of hydrogen-bond acceptors (Lipinski definition) is 4. The number of carbonyl (C=O) groups excluding carboxylic acids is 3. The number of urea groups is 1. The molecule has 0 bridgehead atoms. The highest BCUT2D eigenvalue weighted by Crippen LogP contribution is 2.39. The van der Waals surface area contributed by atoms with Crippen molar-refractivity contribution in [1.29, 1.82) is 0 Å². The van der Waals surface area contributed by atoms with Crippen molar-refractivity contribution in [2.75, 3.05) is 25.5 Å². The maximum absolute atomic E-state index is 13.3. The third-order valence-corrected chi connectivity index (χ3v) is 6.49. The van der Waals surface area contributed by atoms with E-state index in [0.29, 0.717) is 31.7 Å². The molecule has 0 spiro atoms. The van der Waals surface area contributed by atoms with E-state index < -0.39 is 17.5 Å². The number of hydrogen-bond donors (Lipinski definition) is 3. The molecular formula is C25H29FN4O4. The Morgan fingerprint density at radius 3 is 2.56 bits per heavy atom. The lowest BCUT2D eigenvalue weighted by atomic mass is 9.91. The molecule has 4 amide bonds. The number of anilines is 1. The Balaban J connectivity index is 1.38. The van der Waals surface area contributed by atoms with Gasteiger partial charge in [0, 0.05) is 18.7 Å². The van der Waals surface area contributed by atoms with Crippen LogP contribution >= 0.6 is 0 Å². The number of amides is 4. The molecule has 2 aromatic carbocycles. The van der Waals surface area contributed by atoms with Crippen LogP contribution in [-0.4, -0.2) is 48.5 Å². The summed E-state index contributed by atoms with van der Waals surface area (Å²) < 4.78 is 18.4. The van der Waals surface area contributed by atoms with Crippen molar-refractivity contribution in [1.82, 2.24) is 10.2 Å². The summed E-state index contributed by atoms with van der Waals surface area (Å²) in [7, 11) is 1.45. The van der Waals surface area contributed by atoms with Crippen molar-refractivity contribution in [2.45, 2.75) is 37.6 Å². The van der Waals surface area contributed by atoms with Crippen LogP contribution < -0.4 is 21.1 Å². The van der Waals surface area contributed by atoms with Gasteiger partial charge in [0.1, 0.15) is 17.1 Å². The Kier molecular flexibility index (Phi) is 6.72. The molecule has 2 fully saturated rings. The van der Waals surface area contributed by atoms with Gasteiger partial charge in [-0.15, -0.1) is 0 Å². The Hall–Kier alpha value is -3.62. The van der Waals surface area contributed by atoms with Gasteiger partial charge in [-0.25, -0.2) is 9.18 Å². The quantitative estimate of drug-likeness (QED) is 0.579. The fraction of sp³-hybridized carbons (Fsp3) is 0.400. The van der Waals surface area contributed by atoms with E-state index in [2.05, 4.69) is 10.6 Å². The number of nitrogens with one attached hydrogen (secondary N) is 2. The number of methoxy groups -OCH3 is 1. The SMILES string of the molecule is COc1ccc(C(N)=O)cc1NC(=O)NC1(C(=O)N2CCC[C@@H](Cc3ccc(F)cc3)C2)CC1. The lowest BCUT2D eigenvalue weighted by Gasteiger charge is -2.35. The Morgan fingerprint density at radius 2 is 1.91 bits per heavy atom. The highest BCUT2D eigenvalue weighted by atomic mass is 19.1. The fourth-order valence-corrected chi connectivity index (χ4v) is 4.52. The molecule has 2 aliphatic rings. The number of carbonyl (C=O) groups is 3. The number of halogens is 1. The molecule has 1 aliphatic carbocycles. The van der Waals surface area contributed by atoms with Gasteiger partial charge in [-0.2, -0.15) is 0 Å². The van der Waals surface area contributed by atoms with E-state index in [-0.39, 0.29) is 28.9 Å². The first kappa shape index (κ1) is 23.5. The van der Waals surface area contributed by atoms with E-state index in [4.69, 9.17) is 10.5 Å². The molecule has 1 saturated heterocycles. The van der Waals surface area contributed by atoms with Crippen molar-refractivity contribution < 1.29 is 23.5 Å². The number of ether oxygens (including phenoxy) is 1. The third kappa shape index (κ3) is 5.30. The minimum atomic E-state index is -0.920. The average Bonchev–Trinajstić information content (AvgIpc) is 3.60. The molecule has 9 heteroatoms. The number of nitrogens with two attached hydrogens (primary N) is 1. The smallest absolute Gasteiger partial charge is 0.320 e. The predicted molar refractivity (Wildman–Crippen MR) is 125 cm³/mol. The highest BCUT2D eigenvalue weighted by Gasteiger charge is 2.53. The molecule has 2 aromatic rings. The van der Waals surface area contributed by atoms with Crippen LogP contribution in [0.4, 0.5) is 14.9 Å². The van der Waals surface area contributed by atoms with Crippen molar-refractivity contribution >= 4 is 23.5 Å². The summed E-state index contributed by atoms with van der Waals surface area (Å²) in [6.07, 6.45) is 3.80. The topological polar surface area (TPSA) is 114 Å². The Bertz CT molecular complexity index is 1080. The molecule has 1 heterocycles. The summed E-state index contributed by atoms with van der Waals surface area (Å²) in [5.74, 6) is -0.308. The molecule has 8 nitrogen and oxygen atoms in total. The summed E-state index contributed by atoms with van der Waals surface area (Å²) >= 11 is 0. The van der Waals surface area contributed by atoms with Crippen molar-refractivity contribution in [2.24, 2.45) is 11.7 Å². The van der Waals surface area contributed by atoms with Gasteiger partial charge >= 0.3 is 6.03 Å². The van der Waals surface area contributed by atoms with Crippen molar-refractivity contribution in [3.05, 3.63) is 59.4 Å². The fourth-order valence-electron chi connectivity index (χ4n) is 4.52. The second-order valence-corrected chi connectivity index (χ2v) is 9.03. The largest absolute Gasteiger partial charge is 0.495 e. The molecule has 180 valence electrons. The molecule has 0 radical (unpaired) electrons. The van der Waals surface area contributed by atoms with Gasteiger partial charge in [0.15, 0.2) is 0 Å². The molecule has 4 rings (SSSR count). The zero-order valence-corrected chi connectivity index (χ0v) is 19.1. The molecular weight excluding hydrogens is 439 g/mol. The number of rotatable bonds is 7. The maximum Gasteiger partial charge on any atom is 0.320 e. The highest BCUT2D eigenvalue weighted by molar-refractivity contribution is 6.00. The molecule has 1 atom stereocenters. The monoisotopic (exact) mass is 468 g/mol. The van der Waals surface area contributed by atoms with Gasteiger partial charge in [-0.3, -0.25) is 9.59 Å². The number of primary amides is 1. The van der Waals surface area contributed by atoms with Crippen molar-refractivity contribution in [3.8, 4) is 5.75 Å². The molecule has 1 aliphatic heterocycles. The normalized spacial score (nSPS) is 18.6. The third-order valence-electron chi connectivity index (χ3n) is 6.49. The molecule has 34 heavy (non-hydrogen) atoms. The van der Waals surface area contributed by atoms with E-state index in [0.717, 1.165) is 24.8 Å². The number of nitrogens with zero attached hydrogens (tertiary/aromatic N) is 1. The summed E-state index contributed by atoms with van der Waals surface area (Å²) in [5.41, 5.74) is 5.98. The van der Waals surface area contributed by atoms with Crippen molar-refractivity contribution in [3.63, 3.8) is 0 Å². The van der Waals surface area contributed by atoms with Crippen LogP contribution in [0.15, 0.2) is 42.5 Å². The lowest BCUT2D eigenvalue weighted by Crippen LogP contribution is -2.54. The zero-order chi connectivity index (χ0) is 24.3. The first-order valence-corrected chi connectivity index (χ1v) is 11.4. The average molecular weight is 469 g/mol. The van der Waals surface area contributed by atoms with Gasteiger partial charge in [0.2, 0.25) is 11.8 Å². The van der Waals surface area contributed by atoms with Crippen LogP contribution in [0.2, 0.25) is 0 Å². The standard InChI is InChI=1S/C25H29FN4O4/c1-34-21-9-6-18(22(27)31)14-20(21)28-24(33)29-25(10-11-25)23(32)30-12-2-3-17(15-30)13-16-4-7-19(26)8-5-16/h4-9,14,17H,2-3,10-13,15H2,1H3,(H2,27,31)(H2,28,29,33)/t17-/m0/s1. The first-order chi connectivity index (χ1) is 16.3. The molecule has 1 saturated carbocycles. The molecule has 0 unspecified atom stereocenters. The van der Waals surface area contributed by atoms with E-state index >= 15 is 0 Å². The van der Waals surface area contributed by atoms with Gasteiger partial charge in [-0.1, -0.05) is 12.1 Å². The Labute approximate surface area is 197 Å². The van der Waals surface area contributed by atoms with Crippen LogP contribution in [0, 0.1) is 11.7 Å². The summed E-state index contributed by atoms with van der Waals surface area (Å²) in [6.45, 7) is 1.26. The molecule has 4 N–H and O–H groups in total. The first-order valence-electron chi connectivity index (χ1n) is 11.4. The van der Waals surface area contributed by atoms with Gasteiger partial charge < -0.3 is 26.0 Å². The minimum Gasteiger partial charge on any atom is -0.495 e. The van der Waals surface area contributed by atoms with Gasteiger partial charge in [0.25, 0.3) is 0 Å². The second kappa shape index (κ2) is 9.70.